The SMILES string of the molecule is CC1CC(C)SC(Nc2ccc(Br)c(I)c2)=N1. The lowest BCUT2D eigenvalue weighted by molar-refractivity contribution is 0.661. The molecule has 0 radical (unpaired) electrons. The summed E-state index contributed by atoms with van der Waals surface area (Å²) in [5.41, 5.74) is 1.10. The van der Waals surface area contributed by atoms with Crippen molar-refractivity contribution < 1.29 is 0 Å². The van der Waals surface area contributed by atoms with E-state index in [9.17, 15) is 0 Å². The topological polar surface area (TPSA) is 24.4 Å². The van der Waals surface area contributed by atoms with Crippen molar-refractivity contribution in [2.24, 2.45) is 4.99 Å². The fourth-order valence-corrected chi connectivity index (χ4v) is 3.70. The Morgan fingerprint density at radius 3 is 2.88 bits per heavy atom. The molecule has 17 heavy (non-hydrogen) atoms. The molecule has 1 aromatic rings. The summed E-state index contributed by atoms with van der Waals surface area (Å²) in [5.74, 6) is 0. The lowest BCUT2D eigenvalue weighted by Gasteiger charge is -2.23. The lowest BCUT2D eigenvalue weighted by atomic mass is 10.2. The molecule has 0 saturated heterocycles. The highest BCUT2D eigenvalue weighted by Crippen LogP contribution is 2.27. The third kappa shape index (κ3) is 3.86. The Bertz CT molecular complexity index is 450. The fraction of sp³-hybridized carbons (Fsp3) is 0.417. The zero-order valence-electron chi connectivity index (χ0n) is 9.71. The molecule has 0 fully saturated rings. The number of rotatable bonds is 1. The Kier molecular flexibility index (Phi) is 4.77. The second-order valence-electron chi connectivity index (χ2n) is 4.20. The second-order valence-corrected chi connectivity index (χ2v) is 7.64. The average Bonchev–Trinajstić information content (AvgIpc) is 2.22. The predicted molar refractivity (Wildman–Crippen MR) is 89.0 cm³/mol. The number of nitrogens with zero attached hydrogens (tertiary/aromatic N) is 1. The van der Waals surface area contributed by atoms with Crippen LogP contribution in [0.25, 0.3) is 0 Å². The van der Waals surface area contributed by atoms with E-state index < -0.39 is 0 Å². The molecule has 0 aromatic heterocycles. The number of anilines is 1. The van der Waals surface area contributed by atoms with Crippen LogP contribution in [0.4, 0.5) is 5.69 Å². The Morgan fingerprint density at radius 1 is 1.47 bits per heavy atom. The molecule has 0 saturated carbocycles. The van der Waals surface area contributed by atoms with Crippen molar-refractivity contribution in [3.05, 3.63) is 26.2 Å². The standard InChI is InChI=1S/C12H14BrIN2S/c1-7-5-8(2)17-12(15-7)16-9-3-4-10(13)11(14)6-9/h3-4,6-8H,5H2,1-2H3,(H,15,16). The largest absolute Gasteiger partial charge is 0.335 e. The number of amidine groups is 1. The van der Waals surface area contributed by atoms with Crippen LogP contribution in [0.1, 0.15) is 20.3 Å². The zero-order chi connectivity index (χ0) is 12.4. The van der Waals surface area contributed by atoms with Gasteiger partial charge in [0.2, 0.25) is 0 Å². The van der Waals surface area contributed by atoms with E-state index in [0.29, 0.717) is 11.3 Å². The van der Waals surface area contributed by atoms with Crippen LogP contribution in [-0.4, -0.2) is 16.5 Å². The maximum atomic E-state index is 4.63. The summed E-state index contributed by atoms with van der Waals surface area (Å²) in [6.07, 6.45) is 1.16. The molecule has 1 aliphatic rings. The van der Waals surface area contributed by atoms with E-state index >= 15 is 0 Å². The molecule has 92 valence electrons. The molecule has 0 bridgehead atoms. The Morgan fingerprint density at radius 2 is 2.24 bits per heavy atom. The fourth-order valence-electron chi connectivity index (χ4n) is 1.76. The van der Waals surface area contributed by atoms with Gasteiger partial charge in [-0.15, -0.1) is 0 Å². The minimum absolute atomic E-state index is 0.420. The van der Waals surface area contributed by atoms with Crippen molar-refractivity contribution in [3.63, 3.8) is 0 Å². The van der Waals surface area contributed by atoms with Crippen LogP contribution < -0.4 is 5.32 Å². The van der Waals surface area contributed by atoms with Gasteiger partial charge in [-0.25, -0.2) is 0 Å². The molecule has 0 aliphatic carbocycles. The first-order valence-corrected chi connectivity index (χ1v) is 8.26. The van der Waals surface area contributed by atoms with Crippen molar-refractivity contribution in [3.8, 4) is 0 Å². The number of halogens is 2. The van der Waals surface area contributed by atoms with Gasteiger partial charge in [-0.1, -0.05) is 18.7 Å². The van der Waals surface area contributed by atoms with Gasteiger partial charge >= 0.3 is 0 Å². The summed E-state index contributed by atoms with van der Waals surface area (Å²) in [6.45, 7) is 4.42. The van der Waals surface area contributed by atoms with Gasteiger partial charge in [-0.2, -0.15) is 0 Å². The minimum Gasteiger partial charge on any atom is -0.335 e. The first-order valence-electron chi connectivity index (χ1n) is 5.51. The van der Waals surface area contributed by atoms with Gasteiger partial charge in [-0.3, -0.25) is 4.99 Å². The molecule has 5 heteroatoms. The molecule has 2 rings (SSSR count). The Balaban J connectivity index is 2.12. The number of thioether (sulfide) groups is 1. The smallest absolute Gasteiger partial charge is 0.161 e. The van der Waals surface area contributed by atoms with Gasteiger partial charge < -0.3 is 5.32 Å². The van der Waals surface area contributed by atoms with E-state index in [1.807, 2.05) is 11.8 Å². The van der Waals surface area contributed by atoms with Crippen molar-refractivity contribution >= 4 is 61.1 Å². The molecule has 0 spiro atoms. The zero-order valence-corrected chi connectivity index (χ0v) is 14.3. The molecule has 2 unspecified atom stereocenters. The highest BCUT2D eigenvalue weighted by molar-refractivity contribution is 14.1. The van der Waals surface area contributed by atoms with E-state index in [1.165, 1.54) is 3.57 Å². The Hall–Kier alpha value is 0.250. The van der Waals surface area contributed by atoms with Crippen molar-refractivity contribution in [2.45, 2.75) is 31.6 Å². The summed E-state index contributed by atoms with van der Waals surface area (Å²) >= 11 is 7.64. The summed E-state index contributed by atoms with van der Waals surface area (Å²) < 4.78 is 2.33. The molecule has 1 heterocycles. The highest BCUT2D eigenvalue weighted by Gasteiger charge is 2.18. The maximum Gasteiger partial charge on any atom is 0.161 e. The summed E-state index contributed by atoms with van der Waals surface area (Å²) in [4.78, 5) is 4.63. The van der Waals surface area contributed by atoms with Gasteiger partial charge in [0, 0.05) is 19.0 Å². The Labute approximate surface area is 128 Å². The predicted octanol–water partition coefficient (Wildman–Crippen LogP) is 4.74. The van der Waals surface area contributed by atoms with Gasteiger partial charge in [0.05, 0.1) is 6.04 Å². The van der Waals surface area contributed by atoms with Crippen LogP contribution in [0.5, 0.6) is 0 Å². The number of benzene rings is 1. The van der Waals surface area contributed by atoms with E-state index in [0.717, 1.165) is 21.7 Å². The monoisotopic (exact) mass is 424 g/mol. The first-order chi connectivity index (χ1) is 8.04. The molecule has 0 amide bonds. The lowest BCUT2D eigenvalue weighted by Crippen LogP contribution is -2.22. The van der Waals surface area contributed by atoms with Gasteiger partial charge in [0.15, 0.2) is 5.17 Å². The van der Waals surface area contributed by atoms with Gasteiger partial charge in [0.25, 0.3) is 0 Å². The maximum absolute atomic E-state index is 4.63. The van der Waals surface area contributed by atoms with Crippen LogP contribution in [0, 0.1) is 3.57 Å². The van der Waals surface area contributed by atoms with Crippen molar-refractivity contribution in [1.82, 2.24) is 0 Å². The second kappa shape index (κ2) is 5.93. The van der Waals surface area contributed by atoms with E-state index in [2.05, 4.69) is 80.9 Å². The quantitative estimate of drug-likeness (QED) is 0.658. The van der Waals surface area contributed by atoms with Crippen LogP contribution in [0.15, 0.2) is 27.7 Å². The molecule has 1 aromatic carbocycles. The van der Waals surface area contributed by atoms with Crippen LogP contribution in [0.2, 0.25) is 0 Å². The molecule has 2 atom stereocenters. The van der Waals surface area contributed by atoms with E-state index in [1.54, 1.807) is 0 Å². The van der Waals surface area contributed by atoms with E-state index in [4.69, 9.17) is 0 Å². The number of hydrogen-bond acceptors (Lipinski definition) is 3. The van der Waals surface area contributed by atoms with Crippen LogP contribution >= 0.6 is 50.3 Å². The third-order valence-corrected chi connectivity index (χ3v) is 5.85. The van der Waals surface area contributed by atoms with Gasteiger partial charge in [0.1, 0.15) is 0 Å². The molecular weight excluding hydrogens is 411 g/mol. The number of nitrogens with one attached hydrogen (secondary N) is 1. The molecule has 2 nitrogen and oxygen atoms in total. The third-order valence-electron chi connectivity index (χ3n) is 2.49. The van der Waals surface area contributed by atoms with Gasteiger partial charge in [-0.05, 0) is 70.1 Å². The molecule has 1 N–H and O–H groups in total. The highest BCUT2D eigenvalue weighted by atomic mass is 127. The van der Waals surface area contributed by atoms with Crippen molar-refractivity contribution in [1.29, 1.82) is 0 Å². The van der Waals surface area contributed by atoms with Crippen LogP contribution in [-0.2, 0) is 0 Å². The minimum atomic E-state index is 0.420. The summed E-state index contributed by atoms with van der Waals surface area (Å²) in [7, 11) is 0. The number of aliphatic imine (C=N–C) groups is 1. The molecular formula is C12H14BrIN2S. The summed E-state index contributed by atoms with van der Waals surface area (Å²) in [5, 5.41) is 5.07. The first kappa shape index (κ1) is 13.7. The van der Waals surface area contributed by atoms with Crippen LogP contribution in [0.3, 0.4) is 0 Å². The van der Waals surface area contributed by atoms with Crippen molar-refractivity contribution in [2.75, 3.05) is 5.32 Å². The van der Waals surface area contributed by atoms with E-state index in [-0.39, 0.29) is 0 Å². The summed E-state index contributed by atoms with van der Waals surface area (Å²) in [6, 6.07) is 6.67. The normalized spacial score (nSPS) is 24.4. The molecule has 1 aliphatic heterocycles. The number of hydrogen-bond donors (Lipinski definition) is 1. The average molecular weight is 425 g/mol.